The number of para-hydroxylation sites is 1. The molecule has 9 nitrogen and oxygen atoms in total. The minimum Gasteiger partial charge on any atom is -0.467 e. The standard InChI is InChI=1S/C26H26N4O5S2/c1-3-34-25(33)29-12-10-28(11-13-29)22-18-8-4-5-9-20(18)27(2)23(31)19(22)15-21-24(32)30(26(36)37-21)16-17-7-6-14-35-17/h4-9,14-15H,3,10-13,16H2,1-2H3. The lowest BCUT2D eigenvalue weighted by atomic mass is 10.1. The van der Waals surface area contributed by atoms with Crippen molar-refractivity contribution in [2.24, 2.45) is 7.05 Å². The number of fused-ring (bicyclic) bond motifs is 1. The lowest BCUT2D eigenvalue weighted by molar-refractivity contribution is -0.122. The van der Waals surface area contributed by atoms with E-state index in [1.807, 2.05) is 24.3 Å². The van der Waals surface area contributed by atoms with Gasteiger partial charge in [-0.3, -0.25) is 14.5 Å². The van der Waals surface area contributed by atoms with Crippen LogP contribution in [-0.2, 0) is 23.1 Å². The van der Waals surface area contributed by atoms with Crippen molar-refractivity contribution in [2.75, 3.05) is 37.7 Å². The molecule has 2 aliphatic rings. The van der Waals surface area contributed by atoms with Gasteiger partial charge in [0.1, 0.15) is 10.1 Å². The Balaban J connectivity index is 1.54. The van der Waals surface area contributed by atoms with Gasteiger partial charge in [-0.05, 0) is 31.2 Å². The van der Waals surface area contributed by atoms with E-state index in [1.165, 1.54) is 16.7 Å². The van der Waals surface area contributed by atoms with Crippen LogP contribution in [0, 0.1) is 0 Å². The number of ether oxygens (including phenoxy) is 1. The summed E-state index contributed by atoms with van der Waals surface area (Å²) in [6.07, 6.45) is 2.87. The van der Waals surface area contributed by atoms with E-state index in [4.69, 9.17) is 21.4 Å². The van der Waals surface area contributed by atoms with Crippen molar-refractivity contribution in [3.63, 3.8) is 0 Å². The van der Waals surface area contributed by atoms with Gasteiger partial charge in [0, 0.05) is 38.6 Å². The average Bonchev–Trinajstić information content (AvgIpc) is 3.51. The molecule has 2 aromatic heterocycles. The number of furan rings is 1. The predicted octanol–water partition coefficient (Wildman–Crippen LogP) is 3.81. The Morgan fingerprint density at radius 1 is 1.14 bits per heavy atom. The third-order valence-electron chi connectivity index (χ3n) is 6.48. The summed E-state index contributed by atoms with van der Waals surface area (Å²) in [7, 11) is 1.73. The molecule has 0 unspecified atom stereocenters. The van der Waals surface area contributed by atoms with Crippen molar-refractivity contribution in [1.29, 1.82) is 0 Å². The summed E-state index contributed by atoms with van der Waals surface area (Å²) in [5.41, 5.74) is 1.75. The molecule has 2 amide bonds. The van der Waals surface area contributed by atoms with Crippen molar-refractivity contribution < 1.29 is 18.7 Å². The highest BCUT2D eigenvalue weighted by Gasteiger charge is 2.34. The van der Waals surface area contributed by atoms with E-state index < -0.39 is 0 Å². The number of carbonyl (C=O) groups is 2. The molecule has 0 atom stereocenters. The molecule has 5 rings (SSSR count). The Bertz CT molecular complexity index is 1460. The fourth-order valence-electron chi connectivity index (χ4n) is 4.63. The molecule has 0 N–H and O–H groups in total. The maximum absolute atomic E-state index is 13.6. The highest BCUT2D eigenvalue weighted by atomic mass is 32.2. The molecule has 4 heterocycles. The lowest BCUT2D eigenvalue weighted by Crippen LogP contribution is -2.49. The molecule has 192 valence electrons. The maximum Gasteiger partial charge on any atom is 0.409 e. The van der Waals surface area contributed by atoms with Gasteiger partial charge in [0.2, 0.25) is 0 Å². The zero-order chi connectivity index (χ0) is 26.1. The van der Waals surface area contributed by atoms with Crippen LogP contribution in [0.15, 0.2) is 56.8 Å². The summed E-state index contributed by atoms with van der Waals surface area (Å²) < 4.78 is 12.6. The Kier molecular flexibility index (Phi) is 7.07. The van der Waals surface area contributed by atoms with Gasteiger partial charge in [-0.1, -0.05) is 42.2 Å². The van der Waals surface area contributed by atoms with Gasteiger partial charge in [-0.2, -0.15) is 0 Å². The van der Waals surface area contributed by atoms with Crippen LogP contribution < -0.4 is 10.5 Å². The van der Waals surface area contributed by atoms with E-state index in [1.54, 1.807) is 47.9 Å². The zero-order valence-corrected chi connectivity index (χ0v) is 22.1. The SMILES string of the molecule is CCOC(=O)N1CCN(c2c(C=C3SC(=S)N(Cc4ccco4)C3=O)c(=O)n(C)c3ccccc23)CC1. The molecule has 0 spiro atoms. The summed E-state index contributed by atoms with van der Waals surface area (Å²) in [6.45, 7) is 4.31. The first-order valence-corrected chi connectivity index (χ1v) is 13.2. The van der Waals surface area contributed by atoms with E-state index in [2.05, 4.69) is 4.90 Å². The van der Waals surface area contributed by atoms with E-state index in [0.717, 1.165) is 16.6 Å². The molecule has 2 fully saturated rings. The van der Waals surface area contributed by atoms with Crippen molar-refractivity contribution in [2.45, 2.75) is 13.5 Å². The first-order chi connectivity index (χ1) is 17.9. The van der Waals surface area contributed by atoms with Gasteiger partial charge in [-0.15, -0.1) is 0 Å². The van der Waals surface area contributed by atoms with Gasteiger partial charge in [0.25, 0.3) is 11.5 Å². The average molecular weight is 539 g/mol. The molecule has 3 aromatic rings. The van der Waals surface area contributed by atoms with Crippen LogP contribution >= 0.6 is 24.0 Å². The molecule has 37 heavy (non-hydrogen) atoms. The Labute approximate surface area is 223 Å². The maximum atomic E-state index is 13.6. The number of aromatic nitrogens is 1. The van der Waals surface area contributed by atoms with Crippen LogP contribution in [0.4, 0.5) is 10.5 Å². The van der Waals surface area contributed by atoms with Crippen LogP contribution in [0.5, 0.6) is 0 Å². The molecule has 2 aliphatic heterocycles. The highest BCUT2D eigenvalue weighted by molar-refractivity contribution is 8.26. The van der Waals surface area contributed by atoms with Crippen molar-refractivity contribution >= 4 is 63.0 Å². The van der Waals surface area contributed by atoms with Crippen LogP contribution in [0.1, 0.15) is 18.2 Å². The largest absolute Gasteiger partial charge is 0.467 e. The molecular weight excluding hydrogens is 512 g/mol. The van der Waals surface area contributed by atoms with E-state index in [0.29, 0.717) is 53.3 Å². The van der Waals surface area contributed by atoms with Crippen LogP contribution in [0.3, 0.4) is 0 Å². The molecule has 0 bridgehead atoms. The van der Waals surface area contributed by atoms with Crippen molar-refractivity contribution in [3.8, 4) is 0 Å². The first-order valence-electron chi connectivity index (χ1n) is 11.9. The Morgan fingerprint density at radius 2 is 1.89 bits per heavy atom. The highest BCUT2D eigenvalue weighted by Crippen LogP contribution is 2.37. The number of thiocarbonyl (C=S) groups is 1. The fraction of sp³-hybridized carbons (Fsp3) is 0.308. The second-order valence-electron chi connectivity index (χ2n) is 8.66. The number of thioether (sulfide) groups is 1. The van der Waals surface area contributed by atoms with Crippen LogP contribution in [0.25, 0.3) is 17.0 Å². The van der Waals surface area contributed by atoms with Gasteiger partial charge >= 0.3 is 6.09 Å². The topological polar surface area (TPSA) is 88.2 Å². The Hall–Kier alpha value is -3.57. The van der Waals surface area contributed by atoms with Crippen molar-refractivity contribution in [1.82, 2.24) is 14.4 Å². The molecule has 0 radical (unpaired) electrons. The van der Waals surface area contributed by atoms with Gasteiger partial charge in [0.05, 0.1) is 41.1 Å². The smallest absolute Gasteiger partial charge is 0.409 e. The molecular formula is C26H26N4O5S2. The number of hydrogen-bond donors (Lipinski definition) is 0. The third kappa shape index (κ3) is 4.76. The van der Waals surface area contributed by atoms with Gasteiger partial charge < -0.3 is 23.5 Å². The number of benzene rings is 1. The summed E-state index contributed by atoms with van der Waals surface area (Å²) in [6, 6.07) is 11.2. The summed E-state index contributed by atoms with van der Waals surface area (Å²) >= 11 is 6.65. The minimum atomic E-state index is -0.337. The predicted molar refractivity (Wildman–Crippen MR) is 147 cm³/mol. The summed E-state index contributed by atoms with van der Waals surface area (Å²) in [5.74, 6) is 0.360. The van der Waals surface area contributed by atoms with Crippen LogP contribution in [0.2, 0.25) is 0 Å². The molecule has 1 aromatic carbocycles. The first kappa shape index (κ1) is 25.1. The zero-order valence-electron chi connectivity index (χ0n) is 20.5. The second kappa shape index (κ2) is 10.4. The fourth-order valence-corrected chi connectivity index (χ4v) is 5.86. The number of piperazine rings is 1. The molecule has 0 saturated carbocycles. The van der Waals surface area contributed by atoms with E-state index >= 15 is 0 Å². The number of pyridine rings is 1. The number of carbonyl (C=O) groups excluding carboxylic acids is 2. The van der Waals surface area contributed by atoms with Gasteiger partial charge in [0.15, 0.2) is 0 Å². The van der Waals surface area contributed by atoms with Crippen LogP contribution in [-0.4, -0.2) is 63.5 Å². The number of anilines is 1. The number of hydrogen-bond acceptors (Lipinski definition) is 8. The quantitative estimate of drug-likeness (QED) is 0.358. The lowest BCUT2D eigenvalue weighted by Gasteiger charge is -2.36. The summed E-state index contributed by atoms with van der Waals surface area (Å²) in [5, 5.41) is 0.895. The second-order valence-corrected chi connectivity index (χ2v) is 10.3. The van der Waals surface area contributed by atoms with E-state index in [9.17, 15) is 14.4 Å². The summed E-state index contributed by atoms with van der Waals surface area (Å²) in [4.78, 5) is 44.8. The number of aryl methyl sites for hydroxylation is 1. The molecule has 11 heteroatoms. The molecule has 0 aliphatic carbocycles. The van der Waals surface area contributed by atoms with E-state index in [-0.39, 0.29) is 24.1 Å². The normalized spacial score (nSPS) is 17.4. The minimum absolute atomic E-state index is 0.210. The number of amides is 2. The number of rotatable bonds is 5. The van der Waals surface area contributed by atoms with Gasteiger partial charge in [-0.25, -0.2) is 4.79 Å². The third-order valence-corrected chi connectivity index (χ3v) is 7.85. The van der Waals surface area contributed by atoms with Crippen molar-refractivity contribution in [3.05, 3.63) is 69.2 Å². The monoisotopic (exact) mass is 538 g/mol. The molecule has 2 saturated heterocycles. The Morgan fingerprint density at radius 3 is 2.59 bits per heavy atom. The number of nitrogens with zero attached hydrogens (tertiary/aromatic N) is 4.